The lowest BCUT2D eigenvalue weighted by molar-refractivity contribution is -0.129. The van der Waals surface area contributed by atoms with E-state index in [1.54, 1.807) is 11.6 Å². The molecule has 0 radical (unpaired) electrons. The zero-order valence-corrected chi connectivity index (χ0v) is 19.9. The molecule has 34 heavy (non-hydrogen) atoms. The Kier molecular flexibility index (Phi) is 6.76. The van der Waals surface area contributed by atoms with Crippen LogP contribution in [0.4, 0.5) is 0 Å². The van der Waals surface area contributed by atoms with Crippen molar-refractivity contribution >= 4 is 23.3 Å². The van der Waals surface area contributed by atoms with Crippen molar-refractivity contribution in [2.75, 3.05) is 26.0 Å². The molecule has 1 amide bonds. The van der Waals surface area contributed by atoms with Crippen LogP contribution in [-0.2, 0) is 11.2 Å². The van der Waals surface area contributed by atoms with E-state index in [1.807, 2.05) is 41.3 Å². The average molecular weight is 474 g/mol. The lowest BCUT2D eigenvalue weighted by Gasteiger charge is -2.32. The van der Waals surface area contributed by atoms with E-state index in [1.165, 1.54) is 17.3 Å². The lowest BCUT2D eigenvalue weighted by Crippen LogP contribution is -2.39. The summed E-state index contributed by atoms with van der Waals surface area (Å²) in [6.07, 6.45) is 3.18. The van der Waals surface area contributed by atoms with Gasteiger partial charge in [0.05, 0.1) is 18.6 Å². The van der Waals surface area contributed by atoms with Crippen LogP contribution < -0.4 is 4.74 Å². The average Bonchev–Trinajstić information content (AvgIpc) is 3.30. The molecule has 7 nitrogen and oxygen atoms in total. The quantitative estimate of drug-likeness (QED) is 0.371. The maximum atomic E-state index is 12.9. The van der Waals surface area contributed by atoms with Gasteiger partial charge < -0.3 is 9.64 Å². The minimum absolute atomic E-state index is 0.145. The van der Waals surface area contributed by atoms with Gasteiger partial charge in [0.2, 0.25) is 11.1 Å². The van der Waals surface area contributed by atoms with Crippen LogP contribution in [0, 0.1) is 5.92 Å². The summed E-state index contributed by atoms with van der Waals surface area (Å²) in [4.78, 5) is 14.8. The van der Waals surface area contributed by atoms with Gasteiger partial charge in [0.15, 0.2) is 5.65 Å². The summed E-state index contributed by atoms with van der Waals surface area (Å²) in [5.74, 6) is 1.91. The third-order valence-corrected chi connectivity index (χ3v) is 7.18. The number of methoxy groups -OCH3 is 1. The summed E-state index contributed by atoms with van der Waals surface area (Å²) in [6, 6.07) is 22.2. The zero-order valence-electron chi connectivity index (χ0n) is 19.1. The standard InChI is InChI=1S/C26H27N5O2S/c1-33-22-9-7-21(8-10-22)23-11-12-24-27-28-26(31(24)29-23)34-18-25(32)30-15-13-20(14-16-30)17-19-5-3-2-4-6-19/h2-12,20H,13-18H2,1H3. The van der Waals surface area contributed by atoms with Gasteiger partial charge in [0, 0.05) is 18.7 Å². The Morgan fingerprint density at radius 1 is 1.00 bits per heavy atom. The van der Waals surface area contributed by atoms with Crippen molar-refractivity contribution in [2.45, 2.75) is 24.4 Å². The second-order valence-electron chi connectivity index (χ2n) is 8.50. The molecule has 8 heteroatoms. The fourth-order valence-electron chi connectivity index (χ4n) is 4.33. The molecule has 0 N–H and O–H groups in total. The molecule has 0 aliphatic carbocycles. The van der Waals surface area contributed by atoms with Crippen molar-refractivity contribution in [3.05, 3.63) is 72.3 Å². The zero-order chi connectivity index (χ0) is 23.3. The summed E-state index contributed by atoms with van der Waals surface area (Å²) >= 11 is 1.39. The number of benzene rings is 2. The van der Waals surface area contributed by atoms with Gasteiger partial charge in [-0.05, 0) is 67.1 Å². The molecule has 0 unspecified atom stereocenters. The normalized spacial score (nSPS) is 14.4. The number of ether oxygens (including phenoxy) is 1. The highest BCUT2D eigenvalue weighted by Crippen LogP contribution is 2.25. The number of fused-ring (bicyclic) bond motifs is 1. The number of nitrogens with zero attached hydrogens (tertiary/aromatic N) is 5. The molecule has 2 aromatic heterocycles. The molecule has 0 spiro atoms. The highest BCUT2D eigenvalue weighted by atomic mass is 32.2. The Balaban J connectivity index is 1.19. The highest BCUT2D eigenvalue weighted by Gasteiger charge is 2.23. The van der Waals surface area contributed by atoms with Crippen molar-refractivity contribution in [2.24, 2.45) is 5.92 Å². The summed E-state index contributed by atoms with van der Waals surface area (Å²) < 4.78 is 6.95. The number of thioether (sulfide) groups is 1. The van der Waals surface area contributed by atoms with Crippen molar-refractivity contribution < 1.29 is 9.53 Å². The number of aromatic nitrogens is 4. The molecule has 1 aliphatic heterocycles. The van der Waals surface area contributed by atoms with E-state index >= 15 is 0 Å². The largest absolute Gasteiger partial charge is 0.497 e. The number of rotatable bonds is 7. The summed E-state index contributed by atoms with van der Waals surface area (Å²) in [5.41, 5.74) is 3.82. The van der Waals surface area contributed by atoms with E-state index in [0.717, 1.165) is 49.4 Å². The predicted molar refractivity (Wildman–Crippen MR) is 133 cm³/mol. The van der Waals surface area contributed by atoms with Crippen LogP contribution in [0.3, 0.4) is 0 Å². The molecule has 3 heterocycles. The topological polar surface area (TPSA) is 72.6 Å². The van der Waals surface area contributed by atoms with Gasteiger partial charge in [-0.25, -0.2) is 0 Å². The van der Waals surface area contributed by atoms with Gasteiger partial charge in [0.25, 0.3) is 0 Å². The van der Waals surface area contributed by atoms with Crippen LogP contribution in [0.2, 0.25) is 0 Å². The lowest BCUT2D eigenvalue weighted by atomic mass is 9.90. The van der Waals surface area contributed by atoms with E-state index < -0.39 is 0 Å². The monoisotopic (exact) mass is 473 g/mol. The molecule has 1 fully saturated rings. The third-order valence-electron chi connectivity index (χ3n) is 6.28. The molecule has 2 aromatic carbocycles. The molecule has 4 aromatic rings. The van der Waals surface area contributed by atoms with Crippen molar-refractivity contribution in [3.63, 3.8) is 0 Å². The maximum absolute atomic E-state index is 12.9. The Labute approximate surface area is 203 Å². The number of piperidine rings is 1. The van der Waals surface area contributed by atoms with Crippen LogP contribution in [0.15, 0.2) is 71.9 Å². The fraction of sp³-hybridized carbons (Fsp3) is 0.308. The van der Waals surface area contributed by atoms with Gasteiger partial charge in [-0.1, -0.05) is 42.1 Å². The van der Waals surface area contributed by atoms with Crippen LogP contribution in [0.5, 0.6) is 5.75 Å². The maximum Gasteiger partial charge on any atom is 0.233 e. The Bertz CT molecular complexity index is 1250. The number of carbonyl (C=O) groups is 1. The predicted octanol–water partition coefficient (Wildman–Crippen LogP) is 4.37. The van der Waals surface area contributed by atoms with E-state index in [0.29, 0.717) is 22.5 Å². The minimum atomic E-state index is 0.145. The van der Waals surface area contributed by atoms with Crippen molar-refractivity contribution in [3.8, 4) is 17.0 Å². The first-order valence-corrected chi connectivity index (χ1v) is 12.5. The number of carbonyl (C=O) groups excluding carboxylic acids is 1. The minimum Gasteiger partial charge on any atom is -0.497 e. The number of hydrogen-bond acceptors (Lipinski definition) is 6. The Morgan fingerprint density at radius 2 is 1.76 bits per heavy atom. The van der Waals surface area contributed by atoms with E-state index in [2.05, 4.69) is 40.5 Å². The van der Waals surface area contributed by atoms with E-state index in [9.17, 15) is 4.79 Å². The van der Waals surface area contributed by atoms with Gasteiger partial charge in [-0.3, -0.25) is 4.79 Å². The van der Waals surface area contributed by atoms with Crippen molar-refractivity contribution in [1.29, 1.82) is 0 Å². The second-order valence-corrected chi connectivity index (χ2v) is 9.44. The number of amides is 1. The summed E-state index contributed by atoms with van der Waals surface area (Å²) in [6.45, 7) is 1.63. The Morgan fingerprint density at radius 3 is 2.50 bits per heavy atom. The van der Waals surface area contributed by atoms with E-state index in [4.69, 9.17) is 9.84 Å². The summed E-state index contributed by atoms with van der Waals surface area (Å²) in [5, 5.41) is 13.8. The molecule has 5 rings (SSSR count). The van der Waals surface area contributed by atoms with Crippen LogP contribution in [-0.4, -0.2) is 56.6 Å². The first-order valence-electron chi connectivity index (χ1n) is 11.5. The molecule has 1 aliphatic rings. The van der Waals surface area contributed by atoms with Gasteiger partial charge >= 0.3 is 0 Å². The van der Waals surface area contributed by atoms with Crippen molar-refractivity contribution in [1.82, 2.24) is 24.7 Å². The van der Waals surface area contributed by atoms with E-state index in [-0.39, 0.29) is 5.91 Å². The first-order chi connectivity index (χ1) is 16.7. The second kappa shape index (κ2) is 10.3. The fourth-order valence-corrected chi connectivity index (χ4v) is 5.12. The molecule has 0 saturated carbocycles. The Hall–Kier alpha value is -3.39. The number of likely N-dealkylation sites (tertiary alicyclic amines) is 1. The molecule has 0 bridgehead atoms. The summed E-state index contributed by atoms with van der Waals surface area (Å²) in [7, 11) is 1.65. The molecule has 174 valence electrons. The molecular formula is C26H27N5O2S. The number of hydrogen-bond donors (Lipinski definition) is 0. The smallest absolute Gasteiger partial charge is 0.233 e. The van der Waals surface area contributed by atoms with Crippen LogP contribution >= 0.6 is 11.8 Å². The van der Waals surface area contributed by atoms with Crippen LogP contribution in [0.25, 0.3) is 16.9 Å². The molecule has 0 atom stereocenters. The van der Waals surface area contributed by atoms with Crippen LogP contribution in [0.1, 0.15) is 18.4 Å². The highest BCUT2D eigenvalue weighted by molar-refractivity contribution is 7.99. The SMILES string of the molecule is COc1ccc(-c2ccc3nnc(SCC(=O)N4CCC(Cc5ccccc5)CC4)n3n2)cc1. The first kappa shape index (κ1) is 22.4. The third kappa shape index (κ3) is 5.07. The molecular weight excluding hydrogens is 446 g/mol. The van der Waals surface area contributed by atoms with Gasteiger partial charge in [0.1, 0.15) is 5.75 Å². The van der Waals surface area contributed by atoms with Gasteiger partial charge in [-0.15, -0.1) is 10.2 Å². The van der Waals surface area contributed by atoms with Gasteiger partial charge in [-0.2, -0.15) is 9.61 Å². The molecule has 1 saturated heterocycles.